The van der Waals surface area contributed by atoms with Crippen LogP contribution >= 0.6 is 21.6 Å². The maximum absolute atomic E-state index is 14.4. The van der Waals surface area contributed by atoms with Crippen LogP contribution in [0.1, 0.15) is 164 Å². The SMILES string of the molecule is CC[C@H](C)[C@H](NC(=O)CCCC[C@@H]1CCSS1)C(=O)OC[C@]1(C)C(=O)CC[C@@]2(C)[C@H]1CC[C@]1(C)[C@@H]2CC=C2[C@@H]3CC(C)(C)CC[C@]3(C(=O)OCc3ccccc3)CC[C@]21C. The van der Waals surface area contributed by atoms with Crippen molar-refractivity contribution in [1.29, 1.82) is 0 Å². The second-order valence-electron chi connectivity index (χ2n) is 21.9. The van der Waals surface area contributed by atoms with Gasteiger partial charge in [0, 0.05) is 23.8 Å². The second kappa shape index (κ2) is 17.7. The summed E-state index contributed by atoms with van der Waals surface area (Å²) in [5.74, 6) is 1.39. The molecule has 0 spiro atoms. The van der Waals surface area contributed by atoms with Crippen molar-refractivity contribution in [2.24, 2.45) is 56.2 Å². The van der Waals surface area contributed by atoms with E-state index in [1.54, 1.807) is 0 Å². The van der Waals surface area contributed by atoms with Gasteiger partial charge in [-0.2, -0.15) is 0 Å². The summed E-state index contributed by atoms with van der Waals surface area (Å²) in [6.45, 7) is 18.7. The Hall–Kier alpha value is -2.26. The smallest absolute Gasteiger partial charge is 0.328 e. The van der Waals surface area contributed by atoms with Crippen LogP contribution in [0.3, 0.4) is 0 Å². The zero-order valence-electron chi connectivity index (χ0n) is 38.1. The van der Waals surface area contributed by atoms with Gasteiger partial charge in [-0.15, -0.1) is 0 Å². The monoisotopic (exact) mass is 862 g/mol. The molecule has 1 aromatic rings. The van der Waals surface area contributed by atoms with E-state index in [1.165, 1.54) is 17.7 Å². The van der Waals surface area contributed by atoms with E-state index in [2.05, 4.69) is 52.9 Å². The Bertz CT molecular complexity index is 1790. The molecule has 7 nitrogen and oxygen atoms in total. The van der Waals surface area contributed by atoms with Crippen LogP contribution in [0.5, 0.6) is 0 Å². The number of hydrogen-bond acceptors (Lipinski definition) is 8. The maximum Gasteiger partial charge on any atom is 0.328 e. The van der Waals surface area contributed by atoms with Crippen molar-refractivity contribution >= 4 is 45.2 Å². The second-order valence-corrected chi connectivity index (χ2v) is 24.7. The molecule has 1 aromatic carbocycles. The van der Waals surface area contributed by atoms with E-state index in [0.29, 0.717) is 30.6 Å². The minimum atomic E-state index is -0.799. The first-order valence-electron chi connectivity index (χ1n) is 23.6. The van der Waals surface area contributed by atoms with Crippen LogP contribution in [0.15, 0.2) is 42.0 Å². The number of esters is 2. The maximum atomic E-state index is 14.4. The number of Topliss-reactive ketones (excluding diaryl/α,β-unsaturated/α-hetero) is 1. The predicted octanol–water partition coefficient (Wildman–Crippen LogP) is 11.9. The number of rotatable bonds is 14. The van der Waals surface area contributed by atoms with Crippen LogP contribution in [-0.2, 0) is 35.3 Å². The quantitative estimate of drug-likeness (QED) is 0.0855. The number of amides is 1. The molecule has 1 aliphatic heterocycles. The average molecular weight is 862 g/mol. The fourth-order valence-electron chi connectivity index (χ4n) is 13.7. The van der Waals surface area contributed by atoms with Gasteiger partial charge in [0.1, 0.15) is 25.0 Å². The van der Waals surface area contributed by atoms with Crippen LogP contribution < -0.4 is 5.32 Å². The van der Waals surface area contributed by atoms with E-state index in [1.807, 2.05) is 65.8 Å². The first kappa shape index (κ1) is 45.8. The van der Waals surface area contributed by atoms with E-state index in [9.17, 15) is 19.2 Å². The van der Waals surface area contributed by atoms with Gasteiger partial charge >= 0.3 is 11.9 Å². The molecule has 60 heavy (non-hydrogen) atoms. The summed E-state index contributed by atoms with van der Waals surface area (Å²) in [6.07, 6.45) is 16.8. The topological polar surface area (TPSA) is 98.8 Å². The van der Waals surface area contributed by atoms with Gasteiger partial charge in [-0.1, -0.05) is 125 Å². The summed E-state index contributed by atoms with van der Waals surface area (Å²) in [6, 6.07) is 9.33. The van der Waals surface area contributed by atoms with Gasteiger partial charge in [0.05, 0.1) is 10.8 Å². The standard InChI is InChI=1S/C51H75NO6S2/c1-9-34(2)43(52-42(54)18-14-13-17-36-23-30-59-60-36)44(55)58-33-48(6)39-21-25-50(8)40(47(39,5)24-22-41(48)53)20-19-37-38-31-46(3,4)26-28-51(38,29-27-49(37,50)7)45(56)57-32-35-15-11-10-12-16-35/h10-12,15-16,19,34,36,38-40,43H,9,13-14,17-18,20-33H2,1-8H3,(H,52,54)/t34-,36+,38-,39+,40+,43-,47-,48-,49+,50+,51-/m0/s1. The van der Waals surface area contributed by atoms with Crippen molar-refractivity contribution in [3.8, 4) is 0 Å². The van der Waals surface area contributed by atoms with Crippen molar-refractivity contribution in [3.05, 3.63) is 47.5 Å². The van der Waals surface area contributed by atoms with E-state index < -0.39 is 22.8 Å². The normalized spacial score (nSPS) is 37.9. The zero-order chi connectivity index (χ0) is 43.1. The molecule has 1 saturated heterocycles. The molecule has 6 aliphatic rings. The summed E-state index contributed by atoms with van der Waals surface area (Å²) in [5, 5.41) is 3.74. The highest BCUT2D eigenvalue weighted by atomic mass is 33.1. The van der Waals surface area contributed by atoms with Crippen LogP contribution in [0.4, 0.5) is 0 Å². The molecule has 0 aromatic heterocycles. The molecule has 1 heterocycles. The van der Waals surface area contributed by atoms with Gasteiger partial charge < -0.3 is 14.8 Å². The molecular formula is C51H75NO6S2. The van der Waals surface area contributed by atoms with Crippen molar-refractivity contribution in [3.63, 3.8) is 0 Å². The third kappa shape index (κ3) is 8.31. The summed E-state index contributed by atoms with van der Waals surface area (Å²) in [7, 11) is 3.92. The van der Waals surface area contributed by atoms with Crippen LogP contribution in [0, 0.1) is 56.2 Å². The van der Waals surface area contributed by atoms with E-state index in [4.69, 9.17) is 9.47 Å². The Morgan fingerprint density at radius 2 is 1.65 bits per heavy atom. The van der Waals surface area contributed by atoms with E-state index in [0.717, 1.165) is 89.0 Å². The fraction of sp³-hybridized carbons (Fsp3) is 0.765. The molecule has 1 amide bonds. The van der Waals surface area contributed by atoms with Crippen LogP contribution in [0.25, 0.3) is 0 Å². The molecule has 0 bridgehead atoms. The number of hydrogen-bond donors (Lipinski definition) is 1. The van der Waals surface area contributed by atoms with Crippen molar-refractivity contribution < 1.29 is 28.7 Å². The number of unbranched alkanes of at least 4 members (excludes halogenated alkanes) is 1. The molecule has 332 valence electrons. The average Bonchev–Trinajstić information content (AvgIpc) is 3.75. The first-order chi connectivity index (χ1) is 28.4. The number of benzene rings is 1. The largest absolute Gasteiger partial charge is 0.463 e. The molecular weight excluding hydrogens is 787 g/mol. The Kier molecular flexibility index (Phi) is 13.5. The molecule has 7 rings (SSSR count). The fourth-order valence-corrected chi connectivity index (χ4v) is 16.8. The summed E-state index contributed by atoms with van der Waals surface area (Å²) >= 11 is 0. The van der Waals surface area contributed by atoms with Crippen molar-refractivity contribution in [2.45, 2.75) is 176 Å². The Morgan fingerprint density at radius 1 is 0.900 bits per heavy atom. The highest BCUT2D eigenvalue weighted by Crippen LogP contribution is 2.75. The van der Waals surface area contributed by atoms with E-state index in [-0.39, 0.29) is 63.7 Å². The molecule has 0 unspecified atom stereocenters. The zero-order valence-corrected chi connectivity index (χ0v) is 39.8. The number of fused-ring (bicyclic) bond motifs is 7. The van der Waals surface area contributed by atoms with E-state index >= 15 is 0 Å². The third-order valence-corrected chi connectivity index (χ3v) is 21.0. The Labute approximate surface area is 369 Å². The highest BCUT2D eigenvalue weighted by molar-refractivity contribution is 8.77. The van der Waals surface area contributed by atoms with Crippen molar-refractivity contribution in [2.75, 3.05) is 12.4 Å². The summed E-state index contributed by atoms with van der Waals surface area (Å²) in [4.78, 5) is 55.7. The molecule has 5 aliphatic carbocycles. The van der Waals surface area contributed by atoms with Crippen LogP contribution in [0.2, 0.25) is 0 Å². The number of allylic oxidation sites excluding steroid dienone is 2. The highest BCUT2D eigenvalue weighted by Gasteiger charge is 2.70. The third-order valence-electron chi connectivity index (χ3n) is 18.0. The Morgan fingerprint density at radius 3 is 2.37 bits per heavy atom. The number of carbonyl (C=O) groups is 4. The van der Waals surface area contributed by atoms with Gasteiger partial charge in [0.25, 0.3) is 0 Å². The summed E-state index contributed by atoms with van der Waals surface area (Å²) < 4.78 is 12.5. The molecule has 1 N–H and O–H groups in total. The van der Waals surface area contributed by atoms with Crippen LogP contribution in [-0.4, -0.2) is 47.3 Å². The number of carbonyl (C=O) groups excluding carboxylic acids is 4. The number of ketones is 1. The lowest BCUT2D eigenvalue weighted by Crippen LogP contribution is -2.65. The van der Waals surface area contributed by atoms with Gasteiger partial charge in [-0.25, -0.2) is 4.79 Å². The lowest BCUT2D eigenvalue weighted by Gasteiger charge is -2.70. The minimum absolute atomic E-state index is 0.0111. The predicted molar refractivity (Wildman–Crippen MR) is 244 cm³/mol. The Balaban J connectivity index is 1.07. The van der Waals surface area contributed by atoms with Gasteiger partial charge in [-0.3, -0.25) is 14.4 Å². The minimum Gasteiger partial charge on any atom is -0.463 e. The lowest BCUT2D eigenvalue weighted by molar-refractivity contribution is -0.199. The first-order valence-corrected chi connectivity index (χ1v) is 26.0. The summed E-state index contributed by atoms with van der Waals surface area (Å²) in [5.41, 5.74) is 1.15. The van der Waals surface area contributed by atoms with Crippen molar-refractivity contribution in [1.82, 2.24) is 5.32 Å². The molecule has 5 fully saturated rings. The van der Waals surface area contributed by atoms with Gasteiger partial charge in [0.2, 0.25) is 5.91 Å². The number of ether oxygens (including phenoxy) is 2. The lowest BCUT2D eigenvalue weighted by atomic mass is 9.33. The molecule has 9 heteroatoms. The molecule has 11 atom stereocenters. The van der Waals surface area contributed by atoms with Gasteiger partial charge in [0.15, 0.2) is 0 Å². The molecule has 0 radical (unpaired) electrons. The molecule has 4 saturated carbocycles. The number of nitrogens with one attached hydrogen (secondary N) is 1. The van der Waals surface area contributed by atoms with Gasteiger partial charge in [-0.05, 0) is 135 Å².